The number of nitro groups is 1. The molecule has 7 heteroatoms. The summed E-state index contributed by atoms with van der Waals surface area (Å²) in [6.45, 7) is -0.0711. The van der Waals surface area contributed by atoms with Crippen molar-refractivity contribution in [3.05, 3.63) is 73.8 Å². The van der Waals surface area contributed by atoms with Crippen LogP contribution in [0.5, 0.6) is 0 Å². The van der Waals surface area contributed by atoms with Crippen LogP contribution in [-0.4, -0.2) is 10.9 Å². The SMILES string of the molecule is O=C(OCc1ccccc1Cl)c1ccc(Cl)cc1[N+](=O)[O-]. The molecule has 0 aromatic heterocycles. The van der Waals surface area contributed by atoms with Crippen molar-refractivity contribution in [1.82, 2.24) is 0 Å². The van der Waals surface area contributed by atoms with Crippen molar-refractivity contribution in [2.75, 3.05) is 0 Å². The Kier molecular flexibility index (Phi) is 4.77. The number of carbonyl (C=O) groups is 1. The van der Waals surface area contributed by atoms with Crippen molar-refractivity contribution < 1.29 is 14.5 Å². The zero-order chi connectivity index (χ0) is 15.4. The lowest BCUT2D eigenvalue weighted by molar-refractivity contribution is -0.385. The number of rotatable bonds is 4. The molecule has 0 amide bonds. The first-order valence-electron chi connectivity index (χ1n) is 5.83. The Morgan fingerprint density at radius 1 is 1.19 bits per heavy atom. The fourth-order valence-electron chi connectivity index (χ4n) is 1.66. The molecule has 0 spiro atoms. The van der Waals surface area contributed by atoms with Gasteiger partial charge in [0.2, 0.25) is 0 Å². The van der Waals surface area contributed by atoms with E-state index in [2.05, 4.69) is 0 Å². The van der Waals surface area contributed by atoms with Gasteiger partial charge in [-0.25, -0.2) is 4.79 Å². The third-order valence-electron chi connectivity index (χ3n) is 2.69. The standard InChI is InChI=1S/C14H9Cl2NO4/c15-10-5-6-11(13(7-10)17(19)20)14(18)21-8-9-3-1-2-4-12(9)16/h1-7H,8H2. The Hall–Kier alpha value is -2.11. The number of esters is 1. The minimum atomic E-state index is -0.807. The van der Waals surface area contributed by atoms with Gasteiger partial charge >= 0.3 is 5.97 Å². The largest absolute Gasteiger partial charge is 0.457 e. The Balaban J connectivity index is 2.18. The highest BCUT2D eigenvalue weighted by molar-refractivity contribution is 6.31. The summed E-state index contributed by atoms with van der Waals surface area (Å²) in [5.41, 5.74) is 0.0623. The van der Waals surface area contributed by atoms with E-state index in [9.17, 15) is 14.9 Å². The maximum Gasteiger partial charge on any atom is 0.345 e. The minimum absolute atomic E-state index is 0.0711. The highest BCUT2D eigenvalue weighted by Crippen LogP contribution is 2.24. The van der Waals surface area contributed by atoms with E-state index in [1.807, 2.05) is 0 Å². The van der Waals surface area contributed by atoms with Gasteiger partial charge in [0.1, 0.15) is 12.2 Å². The molecule has 108 valence electrons. The number of benzene rings is 2. The van der Waals surface area contributed by atoms with E-state index in [0.717, 1.165) is 6.07 Å². The Morgan fingerprint density at radius 2 is 1.90 bits per heavy atom. The van der Waals surface area contributed by atoms with Crippen LogP contribution in [0.15, 0.2) is 42.5 Å². The van der Waals surface area contributed by atoms with Gasteiger partial charge in [0.15, 0.2) is 0 Å². The molecule has 0 saturated heterocycles. The van der Waals surface area contributed by atoms with Crippen molar-refractivity contribution in [2.45, 2.75) is 6.61 Å². The van der Waals surface area contributed by atoms with Gasteiger partial charge in [-0.3, -0.25) is 10.1 Å². The summed E-state index contributed by atoms with van der Waals surface area (Å²) >= 11 is 11.6. The van der Waals surface area contributed by atoms with Gasteiger partial charge in [-0.1, -0.05) is 41.4 Å². The fourth-order valence-corrected chi connectivity index (χ4v) is 2.02. The second-order valence-corrected chi connectivity index (χ2v) is 4.93. The summed E-state index contributed by atoms with van der Waals surface area (Å²) in [5, 5.41) is 11.6. The van der Waals surface area contributed by atoms with E-state index in [1.165, 1.54) is 12.1 Å². The van der Waals surface area contributed by atoms with Crippen LogP contribution in [0.25, 0.3) is 0 Å². The number of hydrogen-bond acceptors (Lipinski definition) is 4. The van der Waals surface area contributed by atoms with Gasteiger partial charge in [0.25, 0.3) is 5.69 Å². The Morgan fingerprint density at radius 3 is 2.57 bits per heavy atom. The first-order valence-corrected chi connectivity index (χ1v) is 6.59. The Labute approximate surface area is 130 Å². The van der Waals surface area contributed by atoms with Crippen molar-refractivity contribution in [2.24, 2.45) is 0 Å². The third-order valence-corrected chi connectivity index (χ3v) is 3.30. The van der Waals surface area contributed by atoms with Crippen molar-refractivity contribution >= 4 is 34.9 Å². The second kappa shape index (κ2) is 6.56. The van der Waals surface area contributed by atoms with E-state index in [0.29, 0.717) is 10.6 Å². The zero-order valence-corrected chi connectivity index (χ0v) is 12.1. The first-order chi connectivity index (χ1) is 9.99. The predicted molar refractivity (Wildman–Crippen MR) is 78.7 cm³/mol. The smallest absolute Gasteiger partial charge is 0.345 e. The van der Waals surface area contributed by atoms with Crippen LogP contribution in [0, 0.1) is 10.1 Å². The maximum absolute atomic E-state index is 12.0. The topological polar surface area (TPSA) is 69.4 Å². The van der Waals surface area contributed by atoms with E-state index >= 15 is 0 Å². The van der Waals surface area contributed by atoms with E-state index < -0.39 is 16.6 Å². The number of hydrogen-bond donors (Lipinski definition) is 0. The molecule has 5 nitrogen and oxygen atoms in total. The van der Waals surface area contributed by atoms with Gasteiger partial charge in [0.05, 0.1) is 4.92 Å². The normalized spacial score (nSPS) is 10.2. The van der Waals surface area contributed by atoms with Crippen LogP contribution in [0.4, 0.5) is 5.69 Å². The molecule has 0 atom stereocenters. The molecule has 0 N–H and O–H groups in total. The summed E-state index contributed by atoms with van der Waals surface area (Å²) < 4.78 is 5.05. The molecule has 21 heavy (non-hydrogen) atoms. The highest BCUT2D eigenvalue weighted by Gasteiger charge is 2.22. The summed E-state index contributed by atoms with van der Waals surface area (Å²) in [6, 6.07) is 10.6. The molecular weight excluding hydrogens is 317 g/mol. The molecule has 2 aromatic carbocycles. The van der Waals surface area contributed by atoms with Crippen LogP contribution in [-0.2, 0) is 11.3 Å². The maximum atomic E-state index is 12.0. The van der Waals surface area contributed by atoms with Crippen LogP contribution in [0.2, 0.25) is 10.0 Å². The molecule has 0 saturated carbocycles. The lowest BCUT2D eigenvalue weighted by atomic mass is 10.2. The Bertz CT molecular complexity index is 703. The molecule has 0 aliphatic rings. The number of nitrogens with zero attached hydrogens (tertiary/aromatic N) is 1. The highest BCUT2D eigenvalue weighted by atomic mass is 35.5. The van der Waals surface area contributed by atoms with Crippen LogP contribution in [0.1, 0.15) is 15.9 Å². The summed E-state index contributed by atoms with van der Waals surface area (Å²) in [6.07, 6.45) is 0. The van der Waals surface area contributed by atoms with Gasteiger partial charge in [-0.2, -0.15) is 0 Å². The lowest BCUT2D eigenvalue weighted by Gasteiger charge is -2.07. The second-order valence-electron chi connectivity index (χ2n) is 4.09. The lowest BCUT2D eigenvalue weighted by Crippen LogP contribution is -2.08. The molecule has 2 aromatic rings. The molecule has 2 rings (SSSR count). The quantitative estimate of drug-likeness (QED) is 0.478. The van der Waals surface area contributed by atoms with Crippen LogP contribution >= 0.6 is 23.2 Å². The number of nitro benzene ring substituents is 1. The average Bonchev–Trinajstić information content (AvgIpc) is 2.46. The zero-order valence-electron chi connectivity index (χ0n) is 10.6. The van der Waals surface area contributed by atoms with Crippen LogP contribution < -0.4 is 0 Å². The van der Waals surface area contributed by atoms with Crippen molar-refractivity contribution in [1.29, 1.82) is 0 Å². The van der Waals surface area contributed by atoms with Gasteiger partial charge in [0, 0.05) is 21.7 Å². The van der Waals surface area contributed by atoms with Gasteiger partial charge in [-0.05, 0) is 18.2 Å². The molecule has 0 aliphatic carbocycles. The minimum Gasteiger partial charge on any atom is -0.457 e. The fraction of sp³-hybridized carbons (Fsp3) is 0.0714. The average molecular weight is 326 g/mol. The van der Waals surface area contributed by atoms with E-state index in [-0.39, 0.29) is 17.2 Å². The molecular formula is C14H9Cl2NO4. The summed E-state index contributed by atoms with van der Waals surface area (Å²) in [5.74, 6) is -0.807. The third kappa shape index (κ3) is 3.71. The molecule has 0 bridgehead atoms. The number of halogens is 2. The predicted octanol–water partition coefficient (Wildman–Crippen LogP) is 4.26. The molecule has 0 unspecified atom stereocenters. The van der Waals surface area contributed by atoms with Crippen molar-refractivity contribution in [3.8, 4) is 0 Å². The summed E-state index contributed by atoms with van der Waals surface area (Å²) in [7, 11) is 0. The molecule has 0 fully saturated rings. The van der Waals surface area contributed by atoms with Gasteiger partial charge in [-0.15, -0.1) is 0 Å². The van der Waals surface area contributed by atoms with Crippen molar-refractivity contribution in [3.63, 3.8) is 0 Å². The molecule has 0 aliphatic heterocycles. The summed E-state index contributed by atoms with van der Waals surface area (Å²) in [4.78, 5) is 22.2. The molecule has 0 radical (unpaired) electrons. The van der Waals surface area contributed by atoms with Gasteiger partial charge < -0.3 is 4.74 Å². The monoisotopic (exact) mass is 325 g/mol. The van der Waals surface area contributed by atoms with E-state index in [1.54, 1.807) is 24.3 Å². The number of ether oxygens (including phenoxy) is 1. The van der Waals surface area contributed by atoms with Crippen LogP contribution in [0.3, 0.4) is 0 Å². The molecule has 0 heterocycles. The number of carbonyl (C=O) groups excluding carboxylic acids is 1. The van der Waals surface area contributed by atoms with E-state index in [4.69, 9.17) is 27.9 Å². The first kappa shape index (κ1) is 15.3.